The van der Waals surface area contributed by atoms with E-state index in [1.54, 1.807) is 0 Å². The fourth-order valence-corrected chi connectivity index (χ4v) is 4.29. The monoisotopic (exact) mass is 410 g/mol. The van der Waals surface area contributed by atoms with E-state index in [0.29, 0.717) is 6.61 Å². The number of benzene rings is 2. The van der Waals surface area contributed by atoms with Crippen LogP contribution < -0.4 is 10.6 Å². The van der Waals surface area contributed by atoms with Gasteiger partial charge in [0.1, 0.15) is 0 Å². The van der Waals surface area contributed by atoms with Crippen molar-refractivity contribution in [2.24, 2.45) is 11.8 Å². The van der Waals surface area contributed by atoms with Crippen molar-refractivity contribution in [1.82, 2.24) is 10.6 Å². The van der Waals surface area contributed by atoms with Gasteiger partial charge in [-0.15, -0.1) is 0 Å². The first-order valence-electron chi connectivity index (χ1n) is 11.5. The van der Waals surface area contributed by atoms with E-state index in [9.17, 15) is 5.11 Å². The van der Waals surface area contributed by atoms with Gasteiger partial charge in [0.25, 0.3) is 0 Å². The molecule has 3 rings (SSSR count). The predicted octanol–water partition coefficient (Wildman–Crippen LogP) is 3.79. The number of hydrogen-bond donors (Lipinski definition) is 3. The van der Waals surface area contributed by atoms with Gasteiger partial charge in [-0.2, -0.15) is 0 Å². The Bertz CT molecular complexity index is 672. The number of aliphatic hydroxyl groups is 1. The Morgan fingerprint density at radius 2 is 1.43 bits per heavy atom. The summed E-state index contributed by atoms with van der Waals surface area (Å²) in [5.41, 5.74) is 2.52. The lowest BCUT2D eigenvalue weighted by Crippen LogP contribution is -2.39. The standard InChI is InChI=1S/C26H38N2O2/c29-20-26(17-22-7-3-1-4-8-22)28-19-24-13-11-23(12-14-24)18-27-15-16-30-21-25-9-5-2-6-10-25/h1-10,23-24,26-29H,11-21H2. The minimum atomic E-state index is 0.155. The van der Waals surface area contributed by atoms with Crippen LogP contribution in [0.1, 0.15) is 36.8 Å². The van der Waals surface area contributed by atoms with Crippen molar-refractivity contribution in [1.29, 1.82) is 0 Å². The number of hydrogen-bond acceptors (Lipinski definition) is 4. The van der Waals surface area contributed by atoms with Crippen LogP contribution in [0.3, 0.4) is 0 Å². The van der Waals surface area contributed by atoms with Crippen LogP contribution in [0.15, 0.2) is 60.7 Å². The van der Waals surface area contributed by atoms with Crippen LogP contribution >= 0.6 is 0 Å². The fourth-order valence-electron chi connectivity index (χ4n) is 4.29. The quantitative estimate of drug-likeness (QED) is 0.440. The number of rotatable bonds is 13. The third-order valence-electron chi connectivity index (χ3n) is 6.17. The maximum Gasteiger partial charge on any atom is 0.0717 e. The van der Waals surface area contributed by atoms with Crippen molar-refractivity contribution in [2.75, 3.05) is 32.8 Å². The van der Waals surface area contributed by atoms with Gasteiger partial charge in [-0.3, -0.25) is 0 Å². The van der Waals surface area contributed by atoms with Crippen LogP contribution in [-0.4, -0.2) is 44.0 Å². The summed E-state index contributed by atoms with van der Waals surface area (Å²) in [5, 5.41) is 16.9. The van der Waals surface area contributed by atoms with Crippen molar-refractivity contribution in [3.05, 3.63) is 71.8 Å². The summed E-state index contributed by atoms with van der Waals surface area (Å²) in [5.74, 6) is 1.52. The first-order valence-corrected chi connectivity index (χ1v) is 11.5. The molecule has 0 aromatic heterocycles. The van der Waals surface area contributed by atoms with Crippen LogP contribution in [0, 0.1) is 11.8 Å². The zero-order valence-corrected chi connectivity index (χ0v) is 18.1. The normalized spacial score (nSPS) is 20.2. The van der Waals surface area contributed by atoms with Crippen molar-refractivity contribution in [3.8, 4) is 0 Å². The summed E-state index contributed by atoms with van der Waals surface area (Å²) in [4.78, 5) is 0. The van der Waals surface area contributed by atoms with Gasteiger partial charge >= 0.3 is 0 Å². The molecule has 2 aromatic rings. The second kappa shape index (κ2) is 13.6. The molecule has 0 heterocycles. The average Bonchev–Trinajstić information content (AvgIpc) is 2.81. The van der Waals surface area contributed by atoms with Crippen molar-refractivity contribution in [3.63, 3.8) is 0 Å². The molecule has 1 aliphatic rings. The molecule has 3 N–H and O–H groups in total. The summed E-state index contributed by atoms with van der Waals surface area (Å²) < 4.78 is 5.74. The smallest absolute Gasteiger partial charge is 0.0717 e. The van der Waals surface area contributed by atoms with Crippen LogP contribution in [0.5, 0.6) is 0 Å². The van der Waals surface area contributed by atoms with Crippen LogP contribution in [0.4, 0.5) is 0 Å². The van der Waals surface area contributed by atoms with E-state index in [1.165, 1.54) is 36.8 Å². The second-order valence-electron chi connectivity index (χ2n) is 8.61. The molecule has 4 nitrogen and oxygen atoms in total. The minimum absolute atomic E-state index is 0.155. The summed E-state index contributed by atoms with van der Waals surface area (Å²) in [6, 6.07) is 20.9. The van der Waals surface area contributed by atoms with E-state index >= 15 is 0 Å². The topological polar surface area (TPSA) is 53.5 Å². The maximum atomic E-state index is 9.70. The molecule has 4 heteroatoms. The number of ether oxygens (including phenoxy) is 1. The van der Waals surface area contributed by atoms with Gasteiger partial charge < -0.3 is 20.5 Å². The zero-order valence-electron chi connectivity index (χ0n) is 18.1. The molecule has 0 bridgehead atoms. The Morgan fingerprint density at radius 3 is 2.07 bits per heavy atom. The maximum absolute atomic E-state index is 9.70. The predicted molar refractivity (Wildman–Crippen MR) is 123 cm³/mol. The Morgan fingerprint density at radius 1 is 0.833 bits per heavy atom. The Kier molecular flexibility index (Phi) is 10.4. The molecule has 1 saturated carbocycles. The van der Waals surface area contributed by atoms with E-state index in [-0.39, 0.29) is 12.6 Å². The molecular formula is C26H38N2O2. The third-order valence-corrected chi connectivity index (χ3v) is 6.17. The van der Waals surface area contributed by atoms with Gasteiger partial charge in [-0.25, -0.2) is 0 Å². The Labute approximate surface area is 182 Å². The summed E-state index contributed by atoms with van der Waals surface area (Å²) >= 11 is 0. The van der Waals surface area contributed by atoms with Crippen molar-refractivity contribution in [2.45, 2.75) is 44.8 Å². The highest BCUT2D eigenvalue weighted by Gasteiger charge is 2.21. The van der Waals surface area contributed by atoms with Crippen LogP contribution in [-0.2, 0) is 17.8 Å². The van der Waals surface area contributed by atoms with Gasteiger partial charge in [0.05, 0.1) is 19.8 Å². The number of aliphatic hydroxyl groups excluding tert-OH is 1. The van der Waals surface area contributed by atoms with Crippen LogP contribution in [0.25, 0.3) is 0 Å². The summed E-state index contributed by atoms with van der Waals surface area (Å²) in [6.07, 6.45) is 6.06. The summed E-state index contributed by atoms with van der Waals surface area (Å²) in [7, 11) is 0. The van der Waals surface area contributed by atoms with Gasteiger partial charge in [0, 0.05) is 12.6 Å². The Balaban J connectivity index is 1.21. The highest BCUT2D eigenvalue weighted by atomic mass is 16.5. The van der Waals surface area contributed by atoms with Gasteiger partial charge in [-0.05, 0) is 68.2 Å². The fraction of sp³-hybridized carbons (Fsp3) is 0.538. The Hall–Kier alpha value is -1.72. The van der Waals surface area contributed by atoms with Gasteiger partial charge in [0.15, 0.2) is 0 Å². The molecule has 164 valence electrons. The largest absolute Gasteiger partial charge is 0.395 e. The highest BCUT2D eigenvalue weighted by molar-refractivity contribution is 5.16. The molecule has 2 aromatic carbocycles. The molecule has 1 aliphatic carbocycles. The molecule has 30 heavy (non-hydrogen) atoms. The zero-order chi connectivity index (χ0) is 20.9. The van der Waals surface area contributed by atoms with Gasteiger partial charge in [0.2, 0.25) is 0 Å². The van der Waals surface area contributed by atoms with Crippen molar-refractivity contribution >= 4 is 0 Å². The molecule has 0 aliphatic heterocycles. The van der Waals surface area contributed by atoms with Crippen LogP contribution in [0.2, 0.25) is 0 Å². The van der Waals surface area contributed by atoms with E-state index in [1.807, 2.05) is 12.1 Å². The molecule has 0 amide bonds. The SMILES string of the molecule is OCC(Cc1ccccc1)NCC1CCC(CNCCOCc2ccccc2)CC1. The van der Waals surface area contributed by atoms with E-state index in [2.05, 4.69) is 59.2 Å². The lowest BCUT2D eigenvalue weighted by Gasteiger charge is -2.30. The molecular weight excluding hydrogens is 372 g/mol. The lowest BCUT2D eigenvalue weighted by molar-refractivity contribution is 0.121. The van der Waals surface area contributed by atoms with E-state index in [4.69, 9.17) is 4.74 Å². The lowest BCUT2D eigenvalue weighted by atomic mass is 9.82. The summed E-state index contributed by atoms with van der Waals surface area (Å²) in [6.45, 7) is 4.69. The van der Waals surface area contributed by atoms with E-state index in [0.717, 1.165) is 44.5 Å². The molecule has 0 radical (unpaired) electrons. The highest BCUT2D eigenvalue weighted by Crippen LogP contribution is 2.28. The van der Waals surface area contributed by atoms with Gasteiger partial charge in [-0.1, -0.05) is 60.7 Å². The molecule has 0 spiro atoms. The molecule has 1 atom stereocenters. The minimum Gasteiger partial charge on any atom is -0.395 e. The van der Waals surface area contributed by atoms with Crippen molar-refractivity contribution < 1.29 is 9.84 Å². The first kappa shape index (κ1) is 23.0. The first-order chi connectivity index (χ1) is 14.8. The second-order valence-corrected chi connectivity index (χ2v) is 8.61. The molecule has 0 saturated heterocycles. The molecule has 1 fully saturated rings. The van der Waals surface area contributed by atoms with E-state index < -0.39 is 0 Å². The third kappa shape index (κ3) is 8.57. The molecule has 1 unspecified atom stereocenters. The number of nitrogens with one attached hydrogen (secondary N) is 2. The average molecular weight is 411 g/mol.